The first-order chi connectivity index (χ1) is 35.2. The predicted molar refractivity (Wildman–Crippen MR) is 266 cm³/mol. The number of hydrogen-bond donors (Lipinski definition) is 2. The smallest absolute Gasteiger partial charge is 0.308 e. The van der Waals surface area contributed by atoms with Gasteiger partial charge in [-0.15, -0.1) is 0 Å². The van der Waals surface area contributed by atoms with E-state index in [9.17, 15) is 33.1 Å². The lowest BCUT2D eigenvalue weighted by Crippen LogP contribution is -2.40. The Hall–Kier alpha value is -7.24. The summed E-state index contributed by atoms with van der Waals surface area (Å²) in [6.07, 6.45) is 9.62. The van der Waals surface area contributed by atoms with Gasteiger partial charge in [0, 0.05) is 47.8 Å². The molecule has 73 heavy (non-hydrogen) atoms. The topological polar surface area (TPSA) is 201 Å². The van der Waals surface area contributed by atoms with E-state index in [2.05, 4.69) is 43.0 Å². The quantitative estimate of drug-likeness (QED) is 0.130. The van der Waals surface area contributed by atoms with Gasteiger partial charge in [0.05, 0.1) is 64.5 Å². The molecule has 2 saturated carbocycles. The highest BCUT2D eigenvalue weighted by Crippen LogP contribution is 2.44. The molecule has 0 unspecified atom stereocenters. The zero-order valence-electron chi connectivity index (χ0n) is 41.8. The van der Waals surface area contributed by atoms with Gasteiger partial charge < -0.3 is 38.2 Å². The second-order valence-electron chi connectivity index (χ2n) is 20.1. The van der Waals surface area contributed by atoms with Crippen molar-refractivity contribution in [1.82, 2.24) is 34.7 Å². The number of amides is 2. The summed E-state index contributed by atoms with van der Waals surface area (Å²) in [5, 5.41) is 20.9. The number of esters is 1. The van der Waals surface area contributed by atoms with Crippen molar-refractivity contribution in [1.29, 1.82) is 0 Å². The lowest BCUT2D eigenvalue weighted by Gasteiger charge is -2.37. The van der Waals surface area contributed by atoms with Crippen LogP contribution in [0, 0.1) is 51.2 Å². The number of nitrogens with zero attached hydrogens (tertiary/aromatic N) is 7. The largest absolute Gasteiger partial charge is 0.481 e. The second kappa shape index (κ2) is 20.3. The molecule has 0 radical (unpaired) electrons. The molecule has 4 aliphatic rings. The van der Waals surface area contributed by atoms with Crippen molar-refractivity contribution in [3.8, 4) is 22.3 Å². The number of ether oxygens (including phenoxy) is 1. The summed E-state index contributed by atoms with van der Waals surface area (Å²) in [6.45, 7) is 7.60. The second-order valence-corrected chi connectivity index (χ2v) is 20.1. The molecule has 6 heterocycles. The van der Waals surface area contributed by atoms with Crippen LogP contribution < -0.4 is 10.2 Å². The molecule has 2 N–H and O–H groups in total. The lowest BCUT2D eigenvalue weighted by molar-refractivity contribution is -0.147. The minimum absolute atomic E-state index is 0.00986. The van der Waals surface area contributed by atoms with Crippen LogP contribution in [0.3, 0.4) is 0 Å². The number of nitrogens with one attached hydrogen (secondary N) is 1. The monoisotopic (exact) mass is 998 g/mol. The van der Waals surface area contributed by atoms with E-state index in [0.717, 1.165) is 118 Å². The van der Waals surface area contributed by atoms with E-state index < -0.39 is 23.6 Å². The van der Waals surface area contributed by atoms with Gasteiger partial charge in [-0.2, -0.15) is 0 Å². The molecular weight excluding hydrogens is 939 g/mol. The Labute approximate surface area is 420 Å². The zero-order chi connectivity index (χ0) is 51.2. The highest BCUT2D eigenvalue weighted by molar-refractivity contribution is 5.95. The van der Waals surface area contributed by atoms with Crippen LogP contribution in [0.25, 0.3) is 44.3 Å². The van der Waals surface area contributed by atoms with Crippen molar-refractivity contribution in [2.24, 2.45) is 11.8 Å². The third-order valence-corrected chi connectivity index (χ3v) is 15.6. The number of rotatable bonds is 9. The number of anilines is 1. The highest BCUT2D eigenvalue weighted by Gasteiger charge is 2.38. The van der Waals surface area contributed by atoms with Gasteiger partial charge in [-0.3, -0.25) is 19.2 Å². The molecule has 2 saturated heterocycles. The van der Waals surface area contributed by atoms with Gasteiger partial charge in [-0.05, 0) is 152 Å². The first-order valence-electron chi connectivity index (χ1n) is 25.5. The van der Waals surface area contributed by atoms with Gasteiger partial charge in [-0.25, -0.2) is 18.7 Å². The summed E-state index contributed by atoms with van der Waals surface area (Å²) < 4.78 is 48.2. The van der Waals surface area contributed by atoms with Gasteiger partial charge in [0.2, 0.25) is 11.8 Å². The number of benzene rings is 3. The first-order valence-corrected chi connectivity index (χ1v) is 25.5. The number of imidazole rings is 2. The van der Waals surface area contributed by atoms with E-state index in [1.807, 2.05) is 45.9 Å². The molecule has 3 aromatic carbocycles. The van der Waals surface area contributed by atoms with Crippen LogP contribution in [0.1, 0.15) is 149 Å². The number of methoxy groups -OCH3 is 1. The van der Waals surface area contributed by atoms with Gasteiger partial charge in [0.15, 0.2) is 11.6 Å². The molecule has 16 nitrogen and oxygen atoms in total. The maximum Gasteiger partial charge on any atom is 0.308 e. The molecule has 2 atom stereocenters. The molecule has 11 rings (SSSR count). The standard InChI is InChI=1S/C30H30F2N4O4.C25H30N4O4/c1-16-28(17(2)40-34-16)19-8-13-25-24(14-19)33-29(36(25)20-9-6-18(7-10-20)30(38)39)26-4-3-5-27(37)35(26)21-11-12-22(31)23(32)15-21;1-14-23(15(2)33-28-14)17-9-12-21-20(13-17)27-24(19-5-4-6-22(30)26-19)29(21)18-10-7-16(8-11-18)25(31)32-3/h8,11-15,18,20,26H,3-7,9-10H2,1-2H3,(H,38,39);9,12-13,16,18-19H,4-8,10-11H2,1-3H3,(H,26,30)/t18?,20?,26-;16?,18?,19-/m00/s1. The Bertz CT molecular complexity index is 3210. The van der Waals surface area contributed by atoms with Gasteiger partial charge in [-0.1, -0.05) is 22.4 Å². The van der Waals surface area contributed by atoms with Gasteiger partial charge in [0.25, 0.3) is 0 Å². The fourth-order valence-corrected chi connectivity index (χ4v) is 12.0. The van der Waals surface area contributed by atoms with Crippen molar-refractivity contribution < 1.29 is 46.8 Å². The van der Waals surface area contributed by atoms with Crippen LogP contribution in [-0.4, -0.2) is 65.4 Å². The maximum absolute atomic E-state index is 14.3. The summed E-state index contributed by atoms with van der Waals surface area (Å²) in [7, 11) is 1.46. The van der Waals surface area contributed by atoms with E-state index in [-0.39, 0.29) is 47.7 Å². The third-order valence-electron chi connectivity index (χ3n) is 15.6. The zero-order valence-corrected chi connectivity index (χ0v) is 41.8. The molecule has 2 amide bonds. The fourth-order valence-electron chi connectivity index (χ4n) is 12.0. The Morgan fingerprint density at radius 1 is 0.671 bits per heavy atom. The number of aromatic nitrogens is 6. The van der Waals surface area contributed by atoms with E-state index in [1.54, 1.807) is 4.90 Å². The van der Waals surface area contributed by atoms with E-state index in [4.69, 9.17) is 23.8 Å². The number of halogens is 2. The lowest BCUT2D eigenvalue weighted by atomic mass is 9.85. The fraction of sp³-hybridized carbons (Fsp3) is 0.455. The number of aliphatic carboxylic acids is 1. The van der Waals surface area contributed by atoms with Crippen LogP contribution in [0.15, 0.2) is 63.6 Å². The minimum Gasteiger partial charge on any atom is -0.481 e. The minimum atomic E-state index is -1.01. The first kappa shape index (κ1) is 49.3. The van der Waals surface area contributed by atoms with Crippen LogP contribution in [0.4, 0.5) is 14.5 Å². The Morgan fingerprint density at radius 2 is 1.22 bits per heavy atom. The van der Waals surface area contributed by atoms with E-state index in [1.165, 1.54) is 13.2 Å². The van der Waals surface area contributed by atoms with Gasteiger partial charge in [0.1, 0.15) is 23.2 Å². The number of piperidine rings is 2. The van der Waals surface area contributed by atoms with Crippen LogP contribution in [0.2, 0.25) is 0 Å². The molecule has 2 aliphatic carbocycles. The number of fused-ring (bicyclic) bond motifs is 2. The molecule has 18 heteroatoms. The van der Waals surface area contributed by atoms with Crippen LogP contribution in [-0.2, 0) is 23.9 Å². The summed E-state index contributed by atoms with van der Waals surface area (Å²) >= 11 is 0. The highest BCUT2D eigenvalue weighted by atomic mass is 19.2. The van der Waals surface area contributed by atoms with Crippen molar-refractivity contribution in [3.05, 3.63) is 101 Å². The number of carboxylic acids is 1. The Morgan fingerprint density at radius 3 is 1.74 bits per heavy atom. The maximum atomic E-state index is 14.3. The van der Waals surface area contributed by atoms with Gasteiger partial charge >= 0.3 is 11.9 Å². The normalized spacial score (nSPS) is 22.5. The third kappa shape index (κ3) is 9.51. The number of aryl methyl sites for hydroxylation is 4. The molecule has 7 aromatic rings. The van der Waals surface area contributed by atoms with Crippen LogP contribution in [0.5, 0.6) is 0 Å². The molecule has 2 aliphatic heterocycles. The molecule has 4 aromatic heterocycles. The Kier molecular flexibility index (Phi) is 13.8. The van der Waals surface area contributed by atoms with Crippen molar-refractivity contribution in [3.63, 3.8) is 0 Å². The summed E-state index contributed by atoms with van der Waals surface area (Å²) in [6, 6.07) is 15.4. The molecule has 4 fully saturated rings. The number of carbonyl (C=O) groups is 4. The Balaban J connectivity index is 0.000000171. The summed E-state index contributed by atoms with van der Waals surface area (Å²) in [5.74, 6) is -0.328. The van der Waals surface area contributed by atoms with Crippen LogP contribution >= 0.6 is 0 Å². The average molecular weight is 999 g/mol. The molecular formula is C55H60F2N8O8. The van der Waals surface area contributed by atoms with Crippen molar-refractivity contribution >= 4 is 51.5 Å². The summed E-state index contributed by atoms with van der Waals surface area (Å²) in [4.78, 5) is 60.8. The SMILES string of the molecule is COC(=O)C1CCC(n2c([C@@H]3CCCC(=O)N3)nc3cc(-c4c(C)noc4C)ccc32)CC1.Cc1noc(C)c1-c1ccc2c(c1)nc([C@@H]1CCCC(=O)N1c1ccc(F)c(F)c1)n2C1CCC(C(=O)O)CC1. The van der Waals surface area contributed by atoms with E-state index >= 15 is 0 Å². The van der Waals surface area contributed by atoms with Crippen molar-refractivity contribution in [2.45, 2.75) is 142 Å². The number of carbonyl (C=O) groups excluding carboxylic acids is 3. The average Bonchev–Trinajstić information content (AvgIpc) is 4.16. The predicted octanol–water partition coefficient (Wildman–Crippen LogP) is 11.2. The number of hydrogen-bond acceptors (Lipinski definition) is 11. The van der Waals surface area contributed by atoms with E-state index in [0.29, 0.717) is 68.6 Å². The summed E-state index contributed by atoms with van der Waals surface area (Å²) in [5.41, 5.74) is 9.32. The molecule has 382 valence electrons. The number of carboxylic acid groups (broad SMARTS) is 1. The van der Waals surface area contributed by atoms with Crippen molar-refractivity contribution in [2.75, 3.05) is 12.0 Å². The molecule has 0 bridgehead atoms. The molecule has 0 spiro atoms.